The van der Waals surface area contributed by atoms with E-state index in [0.29, 0.717) is 9.34 Å². The number of anilines is 1. The summed E-state index contributed by atoms with van der Waals surface area (Å²) < 4.78 is 27.3. The van der Waals surface area contributed by atoms with Gasteiger partial charge >= 0.3 is 0 Å². The van der Waals surface area contributed by atoms with E-state index in [-0.39, 0.29) is 0 Å². The Kier molecular flexibility index (Phi) is 5.68. The lowest BCUT2D eigenvalue weighted by Crippen LogP contribution is -2.15. The fourth-order valence-corrected chi connectivity index (χ4v) is 4.89. The van der Waals surface area contributed by atoms with Gasteiger partial charge in [0.05, 0.1) is 0 Å². The Balaban J connectivity index is 2.05. The van der Waals surface area contributed by atoms with E-state index in [1.165, 1.54) is 22.7 Å². The second-order valence-corrected chi connectivity index (χ2v) is 8.42. The number of nitrogens with zero attached hydrogens (tertiary/aromatic N) is 2. The molecule has 0 saturated carbocycles. The number of hydrogen-bond donors (Lipinski definition) is 2. The third kappa shape index (κ3) is 4.47. The molecular formula is C12H18N4O2S3. The van der Waals surface area contributed by atoms with Crippen molar-refractivity contribution in [1.82, 2.24) is 15.5 Å². The van der Waals surface area contributed by atoms with Crippen LogP contribution in [0.1, 0.15) is 23.7 Å². The molecule has 0 saturated heterocycles. The molecule has 6 nitrogen and oxygen atoms in total. The van der Waals surface area contributed by atoms with Gasteiger partial charge < -0.3 is 5.32 Å². The highest BCUT2D eigenvalue weighted by Crippen LogP contribution is 2.25. The third-order valence-electron chi connectivity index (χ3n) is 2.69. The Morgan fingerprint density at radius 2 is 2.00 bits per heavy atom. The van der Waals surface area contributed by atoms with Crippen LogP contribution in [0.15, 0.2) is 16.3 Å². The number of aromatic nitrogens is 2. The maximum absolute atomic E-state index is 12.3. The Hall–Kier alpha value is -1.03. The first kappa shape index (κ1) is 16.3. The van der Waals surface area contributed by atoms with Crippen molar-refractivity contribution in [2.75, 3.05) is 17.8 Å². The van der Waals surface area contributed by atoms with E-state index in [4.69, 9.17) is 0 Å². The Bertz CT molecular complexity index is 678. The highest BCUT2D eigenvalue weighted by atomic mass is 32.2. The number of rotatable bonds is 8. The van der Waals surface area contributed by atoms with Gasteiger partial charge in [-0.1, -0.05) is 25.2 Å². The van der Waals surface area contributed by atoms with E-state index >= 15 is 0 Å². The molecule has 2 aromatic heterocycles. The van der Waals surface area contributed by atoms with Crippen LogP contribution in [0.25, 0.3) is 0 Å². The number of likely N-dealkylation sites (N-methyl/N-ethyl adjacent to an activating group) is 1. The molecule has 0 aliphatic rings. The van der Waals surface area contributed by atoms with Gasteiger partial charge in [-0.05, 0) is 38.1 Å². The first-order valence-electron chi connectivity index (χ1n) is 6.69. The van der Waals surface area contributed by atoms with Crippen molar-refractivity contribution in [1.29, 1.82) is 0 Å². The molecule has 2 aromatic rings. The molecule has 116 valence electrons. The van der Waals surface area contributed by atoms with Crippen molar-refractivity contribution >= 4 is 37.8 Å². The largest absolute Gasteiger partial charge is 0.317 e. The van der Waals surface area contributed by atoms with Crippen LogP contribution in [0, 0.1) is 0 Å². The Morgan fingerprint density at radius 3 is 2.67 bits per heavy atom. The summed E-state index contributed by atoms with van der Waals surface area (Å²) in [6, 6.07) is 3.49. The summed E-state index contributed by atoms with van der Waals surface area (Å²) in [5.41, 5.74) is 0. The molecular weight excluding hydrogens is 328 g/mol. The molecule has 2 heterocycles. The molecule has 0 radical (unpaired) electrons. The summed E-state index contributed by atoms with van der Waals surface area (Å²) in [4.78, 5) is 1.04. The zero-order valence-electron chi connectivity index (χ0n) is 11.9. The van der Waals surface area contributed by atoms with Crippen molar-refractivity contribution in [2.24, 2.45) is 0 Å². The highest BCUT2D eigenvalue weighted by Gasteiger charge is 2.19. The SMILES string of the molecule is CCNCCc1ccc(S(=O)(=O)Nc2nnc(CC)s2)s1. The van der Waals surface area contributed by atoms with Gasteiger partial charge in [-0.25, -0.2) is 8.42 Å². The van der Waals surface area contributed by atoms with Gasteiger partial charge in [0.15, 0.2) is 0 Å². The summed E-state index contributed by atoms with van der Waals surface area (Å²) in [7, 11) is -3.56. The van der Waals surface area contributed by atoms with Gasteiger partial charge in [0, 0.05) is 4.88 Å². The molecule has 0 amide bonds. The van der Waals surface area contributed by atoms with Crippen molar-refractivity contribution in [2.45, 2.75) is 30.9 Å². The number of thiophene rings is 1. The minimum Gasteiger partial charge on any atom is -0.317 e. The predicted octanol–water partition coefficient (Wildman–Crippen LogP) is 2.11. The molecule has 0 aromatic carbocycles. The van der Waals surface area contributed by atoms with Gasteiger partial charge in [-0.15, -0.1) is 21.5 Å². The average molecular weight is 347 g/mol. The van der Waals surface area contributed by atoms with E-state index in [1.54, 1.807) is 6.07 Å². The molecule has 2 rings (SSSR count). The number of nitrogens with one attached hydrogen (secondary N) is 2. The lowest BCUT2D eigenvalue weighted by molar-refractivity contribution is 0.603. The quantitative estimate of drug-likeness (QED) is 0.715. The van der Waals surface area contributed by atoms with Gasteiger partial charge in [0.1, 0.15) is 9.22 Å². The van der Waals surface area contributed by atoms with Gasteiger partial charge in [0.25, 0.3) is 10.0 Å². The van der Waals surface area contributed by atoms with Crippen LogP contribution in [-0.4, -0.2) is 31.7 Å². The fraction of sp³-hybridized carbons (Fsp3) is 0.500. The Labute approximate surface area is 132 Å². The zero-order chi connectivity index (χ0) is 15.3. The molecule has 0 atom stereocenters. The molecule has 0 aliphatic heterocycles. The van der Waals surface area contributed by atoms with Crippen molar-refractivity contribution in [3.63, 3.8) is 0 Å². The van der Waals surface area contributed by atoms with Crippen LogP contribution in [0.5, 0.6) is 0 Å². The van der Waals surface area contributed by atoms with Crippen LogP contribution < -0.4 is 10.0 Å². The van der Waals surface area contributed by atoms with Crippen LogP contribution in [0.2, 0.25) is 0 Å². The number of hydrogen-bond acceptors (Lipinski definition) is 7. The average Bonchev–Trinajstić information content (AvgIpc) is 3.08. The normalized spacial score (nSPS) is 11.7. The van der Waals surface area contributed by atoms with Gasteiger partial charge in [-0.3, -0.25) is 4.72 Å². The monoisotopic (exact) mass is 346 g/mol. The number of sulfonamides is 1. The van der Waals surface area contributed by atoms with Crippen molar-refractivity contribution in [3.05, 3.63) is 22.0 Å². The first-order valence-corrected chi connectivity index (χ1v) is 9.81. The van der Waals surface area contributed by atoms with E-state index < -0.39 is 10.0 Å². The van der Waals surface area contributed by atoms with Crippen LogP contribution >= 0.6 is 22.7 Å². The molecule has 9 heteroatoms. The smallest absolute Gasteiger partial charge is 0.273 e. The summed E-state index contributed by atoms with van der Waals surface area (Å²) in [5, 5.41) is 12.1. The highest BCUT2D eigenvalue weighted by molar-refractivity contribution is 7.94. The van der Waals surface area contributed by atoms with E-state index in [0.717, 1.165) is 35.8 Å². The molecule has 21 heavy (non-hydrogen) atoms. The van der Waals surface area contributed by atoms with E-state index in [9.17, 15) is 8.42 Å². The van der Waals surface area contributed by atoms with Crippen molar-refractivity contribution in [3.8, 4) is 0 Å². The van der Waals surface area contributed by atoms with Gasteiger partial charge in [0.2, 0.25) is 5.13 Å². The summed E-state index contributed by atoms with van der Waals surface area (Å²) in [6.07, 6.45) is 1.57. The fourth-order valence-electron chi connectivity index (χ4n) is 1.63. The molecule has 2 N–H and O–H groups in total. The second-order valence-electron chi connectivity index (χ2n) is 4.28. The Morgan fingerprint density at radius 1 is 1.19 bits per heavy atom. The van der Waals surface area contributed by atoms with Crippen LogP contribution in [0.4, 0.5) is 5.13 Å². The summed E-state index contributed by atoms with van der Waals surface area (Å²) in [5.74, 6) is 0. The second kappa shape index (κ2) is 7.30. The molecule has 0 bridgehead atoms. The summed E-state index contributed by atoms with van der Waals surface area (Å²) in [6.45, 7) is 5.75. The minimum absolute atomic E-state index is 0.308. The predicted molar refractivity (Wildman–Crippen MR) is 86.7 cm³/mol. The topological polar surface area (TPSA) is 84.0 Å². The summed E-state index contributed by atoms with van der Waals surface area (Å²) >= 11 is 2.55. The van der Waals surface area contributed by atoms with Gasteiger partial charge in [-0.2, -0.15) is 0 Å². The lowest BCUT2D eigenvalue weighted by Gasteiger charge is -2.01. The van der Waals surface area contributed by atoms with Crippen LogP contribution in [0.3, 0.4) is 0 Å². The van der Waals surface area contributed by atoms with E-state index in [2.05, 4.69) is 20.2 Å². The maximum atomic E-state index is 12.3. The zero-order valence-corrected chi connectivity index (χ0v) is 14.4. The molecule has 0 spiro atoms. The molecule has 0 aliphatic carbocycles. The standard InChI is InChI=1S/C12H18N4O2S3/c1-3-10-14-15-12(20-10)16-21(17,18)11-6-5-9(19-11)7-8-13-4-2/h5-6,13H,3-4,7-8H2,1-2H3,(H,15,16). The third-order valence-corrected chi connectivity index (χ3v) is 6.78. The maximum Gasteiger partial charge on any atom is 0.273 e. The van der Waals surface area contributed by atoms with Crippen molar-refractivity contribution < 1.29 is 8.42 Å². The van der Waals surface area contributed by atoms with Crippen LogP contribution in [-0.2, 0) is 22.9 Å². The minimum atomic E-state index is -3.56. The molecule has 0 fully saturated rings. The first-order chi connectivity index (χ1) is 10.0. The lowest BCUT2D eigenvalue weighted by atomic mass is 10.3. The van der Waals surface area contributed by atoms with E-state index in [1.807, 2.05) is 19.9 Å². The molecule has 0 unspecified atom stereocenters. The number of aryl methyl sites for hydroxylation is 1.